The highest BCUT2D eigenvalue weighted by Crippen LogP contribution is 2.19. The van der Waals surface area contributed by atoms with Gasteiger partial charge in [0.1, 0.15) is 11.6 Å². The maximum atomic E-state index is 12.9. The predicted molar refractivity (Wildman–Crippen MR) is 71.5 cm³/mol. The van der Waals surface area contributed by atoms with Crippen LogP contribution >= 0.6 is 0 Å². The Labute approximate surface area is 109 Å². The Balaban J connectivity index is 1.53. The third-order valence-electron chi connectivity index (χ3n) is 3.23. The number of hydrogen-bond acceptors (Lipinski definition) is 2. The van der Waals surface area contributed by atoms with Crippen molar-refractivity contribution >= 4 is 0 Å². The quantitative estimate of drug-likeness (QED) is 0.715. The van der Waals surface area contributed by atoms with Gasteiger partial charge in [-0.3, -0.25) is 0 Å². The van der Waals surface area contributed by atoms with Gasteiger partial charge in [0.05, 0.1) is 6.61 Å². The molecule has 0 heterocycles. The summed E-state index contributed by atoms with van der Waals surface area (Å²) in [5, 5.41) is 3.50. The van der Waals surface area contributed by atoms with E-state index in [2.05, 4.69) is 5.32 Å². The van der Waals surface area contributed by atoms with Crippen molar-refractivity contribution in [3.8, 4) is 5.75 Å². The molecule has 0 atom stereocenters. The topological polar surface area (TPSA) is 21.3 Å². The molecule has 18 heavy (non-hydrogen) atoms. The monoisotopic (exact) mass is 251 g/mol. The van der Waals surface area contributed by atoms with Crippen molar-refractivity contribution in [2.45, 2.75) is 45.1 Å². The van der Waals surface area contributed by atoms with Crippen LogP contribution in [-0.4, -0.2) is 19.2 Å². The fourth-order valence-electron chi connectivity index (χ4n) is 1.95. The highest BCUT2D eigenvalue weighted by Gasteiger charge is 2.19. The van der Waals surface area contributed by atoms with E-state index in [1.165, 1.54) is 37.8 Å². The standard InChI is InChI=1S/C15H22FNO/c1-12-11-13(16)5-8-15(12)18-10-4-2-3-9-17-14-6-7-14/h5,8,11,14,17H,2-4,6-7,9-10H2,1H3. The van der Waals surface area contributed by atoms with Gasteiger partial charge in [0.2, 0.25) is 0 Å². The van der Waals surface area contributed by atoms with Crippen LogP contribution in [0.15, 0.2) is 18.2 Å². The summed E-state index contributed by atoms with van der Waals surface area (Å²) in [6.07, 6.45) is 6.16. The maximum absolute atomic E-state index is 12.9. The molecule has 0 unspecified atom stereocenters. The zero-order valence-corrected chi connectivity index (χ0v) is 11.0. The van der Waals surface area contributed by atoms with Crippen molar-refractivity contribution in [1.29, 1.82) is 0 Å². The number of benzene rings is 1. The molecule has 1 aromatic rings. The summed E-state index contributed by atoms with van der Waals surface area (Å²) in [4.78, 5) is 0. The zero-order chi connectivity index (χ0) is 12.8. The van der Waals surface area contributed by atoms with Crippen LogP contribution in [0, 0.1) is 12.7 Å². The highest BCUT2D eigenvalue weighted by atomic mass is 19.1. The van der Waals surface area contributed by atoms with Crippen LogP contribution in [0.1, 0.15) is 37.7 Å². The Kier molecular flexibility index (Phi) is 5.00. The molecule has 1 aliphatic carbocycles. The van der Waals surface area contributed by atoms with Crippen LogP contribution in [0.2, 0.25) is 0 Å². The molecule has 0 spiro atoms. The molecular weight excluding hydrogens is 229 g/mol. The largest absolute Gasteiger partial charge is 0.493 e. The van der Waals surface area contributed by atoms with E-state index in [4.69, 9.17) is 4.74 Å². The third-order valence-corrected chi connectivity index (χ3v) is 3.23. The Morgan fingerprint density at radius 1 is 1.28 bits per heavy atom. The van der Waals surface area contributed by atoms with Gasteiger partial charge in [-0.25, -0.2) is 4.39 Å². The lowest BCUT2D eigenvalue weighted by Gasteiger charge is -2.09. The molecule has 100 valence electrons. The second kappa shape index (κ2) is 6.74. The zero-order valence-electron chi connectivity index (χ0n) is 11.0. The first-order chi connectivity index (χ1) is 8.75. The van der Waals surface area contributed by atoms with Crippen LogP contribution in [0.5, 0.6) is 5.75 Å². The molecule has 1 N–H and O–H groups in total. The highest BCUT2D eigenvalue weighted by molar-refractivity contribution is 5.32. The number of aryl methyl sites for hydroxylation is 1. The summed E-state index contributed by atoms with van der Waals surface area (Å²) in [6, 6.07) is 5.47. The Hall–Kier alpha value is -1.09. The van der Waals surface area contributed by atoms with Crippen molar-refractivity contribution in [3.05, 3.63) is 29.6 Å². The molecule has 1 fully saturated rings. The summed E-state index contributed by atoms with van der Waals surface area (Å²) in [5.41, 5.74) is 0.866. The van der Waals surface area contributed by atoms with Gasteiger partial charge in [0.25, 0.3) is 0 Å². The van der Waals surface area contributed by atoms with Crippen LogP contribution in [-0.2, 0) is 0 Å². The first-order valence-electron chi connectivity index (χ1n) is 6.88. The lowest BCUT2D eigenvalue weighted by molar-refractivity contribution is 0.302. The van der Waals surface area contributed by atoms with E-state index >= 15 is 0 Å². The van der Waals surface area contributed by atoms with E-state index in [0.29, 0.717) is 0 Å². The SMILES string of the molecule is Cc1cc(F)ccc1OCCCCCNC1CC1. The van der Waals surface area contributed by atoms with Gasteiger partial charge in [0.15, 0.2) is 0 Å². The van der Waals surface area contributed by atoms with Crippen LogP contribution in [0.3, 0.4) is 0 Å². The Morgan fingerprint density at radius 3 is 2.83 bits per heavy atom. The summed E-state index contributed by atoms with van der Waals surface area (Å²) in [6.45, 7) is 3.72. The van der Waals surface area contributed by atoms with E-state index in [0.717, 1.165) is 36.9 Å². The number of nitrogens with one attached hydrogen (secondary N) is 1. The van der Waals surface area contributed by atoms with E-state index in [-0.39, 0.29) is 5.82 Å². The molecule has 2 nitrogen and oxygen atoms in total. The van der Waals surface area contributed by atoms with Gasteiger partial charge in [0, 0.05) is 6.04 Å². The second-order valence-corrected chi connectivity index (χ2v) is 5.05. The van der Waals surface area contributed by atoms with Crippen molar-refractivity contribution in [1.82, 2.24) is 5.32 Å². The van der Waals surface area contributed by atoms with Crippen molar-refractivity contribution < 1.29 is 9.13 Å². The van der Waals surface area contributed by atoms with Crippen LogP contribution in [0.25, 0.3) is 0 Å². The molecule has 1 aromatic carbocycles. The molecule has 1 aliphatic rings. The molecule has 0 aromatic heterocycles. The van der Waals surface area contributed by atoms with E-state index < -0.39 is 0 Å². The van der Waals surface area contributed by atoms with Gasteiger partial charge >= 0.3 is 0 Å². The maximum Gasteiger partial charge on any atom is 0.123 e. The minimum atomic E-state index is -0.203. The van der Waals surface area contributed by atoms with Gasteiger partial charge in [-0.05, 0) is 69.3 Å². The van der Waals surface area contributed by atoms with E-state index in [1.54, 1.807) is 6.07 Å². The van der Waals surface area contributed by atoms with E-state index in [1.807, 2.05) is 6.92 Å². The first-order valence-corrected chi connectivity index (χ1v) is 6.88. The average Bonchev–Trinajstić information content (AvgIpc) is 3.14. The molecule has 3 heteroatoms. The second-order valence-electron chi connectivity index (χ2n) is 5.05. The minimum Gasteiger partial charge on any atom is -0.493 e. The van der Waals surface area contributed by atoms with Gasteiger partial charge < -0.3 is 10.1 Å². The van der Waals surface area contributed by atoms with Crippen LogP contribution in [0.4, 0.5) is 4.39 Å². The molecule has 2 rings (SSSR count). The molecular formula is C15H22FNO. The molecule has 0 amide bonds. The molecule has 0 bridgehead atoms. The van der Waals surface area contributed by atoms with Crippen molar-refractivity contribution in [2.75, 3.05) is 13.2 Å². The summed E-state index contributed by atoms with van der Waals surface area (Å²) < 4.78 is 18.5. The fraction of sp³-hybridized carbons (Fsp3) is 0.600. The van der Waals surface area contributed by atoms with Gasteiger partial charge in [-0.15, -0.1) is 0 Å². The number of rotatable bonds is 8. The summed E-state index contributed by atoms with van der Waals surface area (Å²) in [7, 11) is 0. The number of hydrogen-bond donors (Lipinski definition) is 1. The summed E-state index contributed by atoms with van der Waals surface area (Å²) in [5.74, 6) is 0.596. The number of halogens is 1. The Bertz CT molecular complexity index is 377. The van der Waals surface area contributed by atoms with Crippen LogP contribution < -0.4 is 10.1 Å². The smallest absolute Gasteiger partial charge is 0.123 e. The van der Waals surface area contributed by atoms with Gasteiger partial charge in [-0.2, -0.15) is 0 Å². The first kappa shape index (κ1) is 13.3. The lowest BCUT2D eigenvalue weighted by Crippen LogP contribution is -2.17. The summed E-state index contributed by atoms with van der Waals surface area (Å²) >= 11 is 0. The van der Waals surface area contributed by atoms with Crippen molar-refractivity contribution in [2.24, 2.45) is 0 Å². The molecule has 1 saturated carbocycles. The minimum absolute atomic E-state index is 0.203. The fourth-order valence-corrected chi connectivity index (χ4v) is 1.95. The van der Waals surface area contributed by atoms with E-state index in [9.17, 15) is 4.39 Å². The normalized spacial score (nSPS) is 14.8. The molecule has 0 radical (unpaired) electrons. The Morgan fingerprint density at radius 2 is 2.11 bits per heavy atom. The number of ether oxygens (including phenoxy) is 1. The third kappa shape index (κ3) is 4.65. The van der Waals surface area contributed by atoms with Crippen molar-refractivity contribution in [3.63, 3.8) is 0 Å². The lowest BCUT2D eigenvalue weighted by atomic mass is 10.2. The number of unbranched alkanes of at least 4 members (excludes halogenated alkanes) is 2. The predicted octanol–water partition coefficient (Wildman–Crippen LogP) is 3.44. The molecule has 0 saturated heterocycles. The van der Waals surface area contributed by atoms with Gasteiger partial charge in [-0.1, -0.05) is 0 Å². The average molecular weight is 251 g/mol. The molecule has 0 aliphatic heterocycles.